The Bertz CT molecular complexity index is 412. The summed E-state index contributed by atoms with van der Waals surface area (Å²) >= 11 is 5.84. The molecule has 3 rings (SSSR count). The van der Waals surface area contributed by atoms with Gasteiger partial charge in [0.15, 0.2) is 5.11 Å². The van der Waals surface area contributed by atoms with Crippen LogP contribution < -0.4 is 5.32 Å². The Labute approximate surface area is 153 Å². The normalized spacial score (nSPS) is 28.5. The van der Waals surface area contributed by atoms with Gasteiger partial charge in [0.2, 0.25) is 0 Å². The zero-order chi connectivity index (χ0) is 16.6. The zero-order valence-corrected chi connectivity index (χ0v) is 15.9. The van der Waals surface area contributed by atoms with Crippen molar-refractivity contribution in [3.63, 3.8) is 0 Å². The highest BCUT2D eigenvalue weighted by atomic mass is 32.1. The van der Waals surface area contributed by atoms with Gasteiger partial charge in [0.25, 0.3) is 0 Å². The standard InChI is InChI=1S/C20H34N2OS/c24-20(21-18-11-6-1-2-7-12-18)22(16-19-13-8-14-23-19)15-17-9-4-3-5-10-17/h3-4,17-19H,1-2,5-16H2,(H,21,24)/t17-,19+/m1/s1. The Balaban J connectivity index is 1.56. The molecular weight excluding hydrogens is 316 g/mol. The summed E-state index contributed by atoms with van der Waals surface area (Å²) in [6.07, 6.45) is 19.2. The molecule has 0 aromatic rings. The molecule has 0 aromatic heterocycles. The van der Waals surface area contributed by atoms with Gasteiger partial charge in [-0.05, 0) is 63.1 Å². The van der Waals surface area contributed by atoms with Crippen LogP contribution in [-0.4, -0.2) is 41.9 Å². The second kappa shape index (κ2) is 9.76. The van der Waals surface area contributed by atoms with Gasteiger partial charge in [0.1, 0.15) is 0 Å². The number of nitrogens with one attached hydrogen (secondary N) is 1. The maximum absolute atomic E-state index is 5.89. The van der Waals surface area contributed by atoms with Crippen molar-refractivity contribution >= 4 is 17.3 Å². The quantitative estimate of drug-likeness (QED) is 0.451. The first-order valence-electron chi connectivity index (χ1n) is 10.1. The van der Waals surface area contributed by atoms with E-state index < -0.39 is 0 Å². The molecule has 1 N–H and O–H groups in total. The molecule has 0 aromatic carbocycles. The number of thiocarbonyl (C=S) groups is 1. The zero-order valence-electron chi connectivity index (χ0n) is 15.0. The van der Waals surface area contributed by atoms with Crippen molar-refractivity contribution in [1.29, 1.82) is 0 Å². The van der Waals surface area contributed by atoms with Crippen LogP contribution in [0.3, 0.4) is 0 Å². The molecule has 4 heteroatoms. The van der Waals surface area contributed by atoms with Gasteiger partial charge in [-0.15, -0.1) is 0 Å². The summed E-state index contributed by atoms with van der Waals surface area (Å²) in [5, 5.41) is 4.68. The van der Waals surface area contributed by atoms with E-state index in [-0.39, 0.29) is 0 Å². The third-order valence-corrected chi connectivity index (χ3v) is 6.15. The van der Waals surface area contributed by atoms with E-state index >= 15 is 0 Å². The predicted octanol–water partition coefficient (Wildman–Crippen LogP) is 4.42. The molecule has 24 heavy (non-hydrogen) atoms. The molecule has 0 bridgehead atoms. The van der Waals surface area contributed by atoms with Gasteiger partial charge in [-0.1, -0.05) is 37.8 Å². The summed E-state index contributed by atoms with van der Waals surface area (Å²) in [5.74, 6) is 0.741. The van der Waals surface area contributed by atoms with Crippen LogP contribution in [0.15, 0.2) is 12.2 Å². The summed E-state index contributed by atoms with van der Waals surface area (Å²) in [6.45, 7) is 2.98. The van der Waals surface area contributed by atoms with E-state index in [9.17, 15) is 0 Å². The van der Waals surface area contributed by atoms with Crippen molar-refractivity contribution in [2.24, 2.45) is 5.92 Å². The lowest BCUT2D eigenvalue weighted by atomic mass is 9.94. The molecule has 0 unspecified atom stereocenters. The van der Waals surface area contributed by atoms with Crippen molar-refractivity contribution in [2.45, 2.75) is 82.8 Å². The average molecular weight is 351 g/mol. The third-order valence-electron chi connectivity index (χ3n) is 5.77. The van der Waals surface area contributed by atoms with Crippen molar-refractivity contribution < 1.29 is 4.74 Å². The van der Waals surface area contributed by atoms with Crippen molar-refractivity contribution in [2.75, 3.05) is 19.7 Å². The van der Waals surface area contributed by atoms with E-state index in [1.54, 1.807) is 0 Å². The minimum atomic E-state index is 0.373. The molecule has 3 aliphatic rings. The fourth-order valence-electron chi connectivity index (χ4n) is 4.30. The van der Waals surface area contributed by atoms with Crippen molar-refractivity contribution in [3.05, 3.63) is 12.2 Å². The highest BCUT2D eigenvalue weighted by molar-refractivity contribution is 7.80. The smallest absolute Gasteiger partial charge is 0.169 e. The summed E-state index contributed by atoms with van der Waals surface area (Å²) in [7, 11) is 0. The first kappa shape index (κ1) is 18.2. The molecule has 0 spiro atoms. The first-order valence-corrected chi connectivity index (χ1v) is 10.5. The Hall–Kier alpha value is -0.610. The molecule has 2 atom stereocenters. The molecule has 0 amide bonds. The van der Waals surface area contributed by atoms with Crippen LogP contribution in [-0.2, 0) is 4.74 Å². The van der Waals surface area contributed by atoms with Crippen LogP contribution in [0.4, 0.5) is 0 Å². The maximum atomic E-state index is 5.89. The Morgan fingerprint density at radius 2 is 1.83 bits per heavy atom. The fraction of sp³-hybridized carbons (Fsp3) is 0.850. The molecule has 0 radical (unpaired) electrons. The van der Waals surface area contributed by atoms with Crippen LogP contribution in [0.5, 0.6) is 0 Å². The van der Waals surface area contributed by atoms with Crippen LogP contribution in [0, 0.1) is 5.92 Å². The Morgan fingerprint density at radius 3 is 2.50 bits per heavy atom. The second-order valence-electron chi connectivity index (χ2n) is 7.83. The van der Waals surface area contributed by atoms with Crippen molar-refractivity contribution in [1.82, 2.24) is 10.2 Å². The molecule has 136 valence electrons. The predicted molar refractivity (Wildman–Crippen MR) is 104 cm³/mol. The van der Waals surface area contributed by atoms with Gasteiger partial charge in [0, 0.05) is 25.7 Å². The van der Waals surface area contributed by atoms with Gasteiger partial charge >= 0.3 is 0 Å². The molecular formula is C20H34N2OS. The topological polar surface area (TPSA) is 24.5 Å². The lowest BCUT2D eigenvalue weighted by Crippen LogP contribution is -2.48. The molecule has 1 heterocycles. The molecule has 1 saturated heterocycles. The minimum absolute atomic E-state index is 0.373. The van der Waals surface area contributed by atoms with E-state index in [0.29, 0.717) is 12.1 Å². The highest BCUT2D eigenvalue weighted by Gasteiger charge is 2.25. The molecule has 1 aliphatic heterocycles. The monoisotopic (exact) mass is 350 g/mol. The fourth-order valence-corrected chi connectivity index (χ4v) is 4.61. The van der Waals surface area contributed by atoms with Crippen LogP contribution in [0.2, 0.25) is 0 Å². The number of ether oxygens (including phenoxy) is 1. The van der Waals surface area contributed by atoms with Crippen LogP contribution in [0.25, 0.3) is 0 Å². The third kappa shape index (κ3) is 5.73. The SMILES string of the molecule is S=C(NC1CCCCCC1)N(C[C@@H]1CC=CCC1)C[C@@H]1CCCO1. The lowest BCUT2D eigenvalue weighted by molar-refractivity contribution is 0.0871. The second-order valence-corrected chi connectivity index (χ2v) is 8.22. The maximum Gasteiger partial charge on any atom is 0.169 e. The van der Waals surface area contributed by atoms with Gasteiger partial charge in [0.05, 0.1) is 6.10 Å². The minimum Gasteiger partial charge on any atom is -0.376 e. The average Bonchev–Trinajstić information content (AvgIpc) is 2.98. The van der Waals surface area contributed by atoms with E-state index in [1.165, 1.54) is 70.6 Å². The van der Waals surface area contributed by atoms with E-state index in [1.807, 2.05) is 0 Å². The Morgan fingerprint density at radius 1 is 1.00 bits per heavy atom. The molecule has 2 aliphatic carbocycles. The van der Waals surface area contributed by atoms with Gasteiger partial charge in [-0.25, -0.2) is 0 Å². The lowest BCUT2D eigenvalue weighted by Gasteiger charge is -2.34. The number of nitrogens with zero attached hydrogens (tertiary/aromatic N) is 1. The van der Waals surface area contributed by atoms with Gasteiger partial charge in [-0.2, -0.15) is 0 Å². The van der Waals surface area contributed by atoms with E-state index in [0.717, 1.165) is 30.7 Å². The highest BCUT2D eigenvalue weighted by Crippen LogP contribution is 2.22. The summed E-state index contributed by atoms with van der Waals surface area (Å²) in [4.78, 5) is 2.43. The van der Waals surface area contributed by atoms with Crippen LogP contribution in [0.1, 0.15) is 70.6 Å². The first-order chi connectivity index (χ1) is 11.8. The number of hydrogen-bond acceptors (Lipinski definition) is 2. The molecule has 1 saturated carbocycles. The number of allylic oxidation sites excluding steroid dienone is 2. The molecule has 2 fully saturated rings. The van der Waals surface area contributed by atoms with Gasteiger partial charge < -0.3 is 15.0 Å². The Kier molecular flexibility index (Phi) is 7.40. The summed E-state index contributed by atoms with van der Waals surface area (Å²) in [6, 6.07) is 0.582. The largest absolute Gasteiger partial charge is 0.376 e. The van der Waals surface area contributed by atoms with Crippen molar-refractivity contribution in [3.8, 4) is 0 Å². The summed E-state index contributed by atoms with van der Waals surface area (Å²) < 4.78 is 5.89. The van der Waals surface area contributed by atoms with E-state index in [2.05, 4.69) is 22.4 Å². The molecule has 3 nitrogen and oxygen atoms in total. The van der Waals surface area contributed by atoms with Gasteiger partial charge in [-0.3, -0.25) is 0 Å². The van der Waals surface area contributed by atoms with Crippen LogP contribution >= 0.6 is 12.2 Å². The number of hydrogen-bond donors (Lipinski definition) is 1. The number of rotatable bonds is 5. The van der Waals surface area contributed by atoms with E-state index in [4.69, 9.17) is 17.0 Å². The summed E-state index contributed by atoms with van der Waals surface area (Å²) in [5.41, 5.74) is 0.